The Bertz CT molecular complexity index is 568. The number of aromatic nitrogens is 3. The van der Waals surface area contributed by atoms with Gasteiger partial charge in [0.15, 0.2) is 5.52 Å². The molecule has 2 aromatic rings. The van der Waals surface area contributed by atoms with E-state index in [2.05, 4.69) is 19.6 Å². The first kappa shape index (κ1) is 8.42. The van der Waals surface area contributed by atoms with Gasteiger partial charge in [0.25, 0.3) is 11.1 Å². The van der Waals surface area contributed by atoms with Crippen molar-refractivity contribution in [2.24, 2.45) is 0 Å². The Morgan fingerprint density at radius 3 is 2.93 bits per heavy atom. The summed E-state index contributed by atoms with van der Waals surface area (Å²) in [5.41, 5.74) is -1.09. The standard InChI is InChI=1S/C7H5N3O4/c1-2-8-3-4(7(12)13)10-14-5(3)6(11)9-2/h1H3,(H,12,13)(H,8,9,11). The Kier molecular flexibility index (Phi) is 1.60. The van der Waals surface area contributed by atoms with Crippen molar-refractivity contribution in [1.29, 1.82) is 0 Å². The van der Waals surface area contributed by atoms with Crippen molar-refractivity contribution < 1.29 is 14.4 Å². The number of nitrogens with one attached hydrogen (secondary N) is 1. The highest BCUT2D eigenvalue weighted by atomic mass is 16.5. The van der Waals surface area contributed by atoms with E-state index in [1.807, 2.05) is 0 Å². The average molecular weight is 195 g/mol. The van der Waals surface area contributed by atoms with Crippen LogP contribution in [0.15, 0.2) is 9.32 Å². The number of rotatable bonds is 1. The second-order valence-electron chi connectivity index (χ2n) is 2.67. The van der Waals surface area contributed by atoms with Gasteiger partial charge in [-0.25, -0.2) is 9.78 Å². The first-order chi connectivity index (χ1) is 6.59. The Hall–Kier alpha value is -2.18. The zero-order chi connectivity index (χ0) is 10.3. The van der Waals surface area contributed by atoms with E-state index in [0.717, 1.165) is 0 Å². The number of aryl methyl sites for hydroxylation is 1. The van der Waals surface area contributed by atoms with E-state index >= 15 is 0 Å². The third kappa shape index (κ3) is 1.06. The monoisotopic (exact) mass is 195 g/mol. The van der Waals surface area contributed by atoms with E-state index in [1.165, 1.54) is 0 Å². The summed E-state index contributed by atoms with van der Waals surface area (Å²) < 4.78 is 4.56. The summed E-state index contributed by atoms with van der Waals surface area (Å²) in [7, 11) is 0. The van der Waals surface area contributed by atoms with Crippen LogP contribution in [0.5, 0.6) is 0 Å². The third-order valence-corrected chi connectivity index (χ3v) is 1.65. The van der Waals surface area contributed by atoms with Crippen LogP contribution in [0.25, 0.3) is 11.1 Å². The number of fused-ring (bicyclic) bond motifs is 1. The number of hydrogen-bond acceptors (Lipinski definition) is 5. The Morgan fingerprint density at radius 1 is 1.57 bits per heavy atom. The topological polar surface area (TPSA) is 109 Å². The van der Waals surface area contributed by atoms with E-state index in [1.54, 1.807) is 6.92 Å². The van der Waals surface area contributed by atoms with Crippen LogP contribution >= 0.6 is 0 Å². The van der Waals surface area contributed by atoms with Crippen LogP contribution < -0.4 is 5.56 Å². The summed E-state index contributed by atoms with van der Waals surface area (Å²) in [4.78, 5) is 28.0. The van der Waals surface area contributed by atoms with E-state index in [9.17, 15) is 9.59 Å². The molecule has 0 aromatic carbocycles. The number of aromatic amines is 1. The van der Waals surface area contributed by atoms with E-state index < -0.39 is 11.5 Å². The van der Waals surface area contributed by atoms with Crippen LogP contribution in [0.2, 0.25) is 0 Å². The Balaban J connectivity index is 2.92. The molecule has 2 rings (SSSR count). The molecule has 0 aliphatic carbocycles. The fraction of sp³-hybridized carbons (Fsp3) is 0.143. The average Bonchev–Trinajstić information content (AvgIpc) is 2.47. The summed E-state index contributed by atoms with van der Waals surface area (Å²) in [5.74, 6) is -0.963. The molecule has 0 bridgehead atoms. The number of carboxylic acid groups (broad SMARTS) is 1. The molecule has 0 saturated heterocycles. The molecule has 0 radical (unpaired) electrons. The highest BCUT2D eigenvalue weighted by Crippen LogP contribution is 2.11. The third-order valence-electron chi connectivity index (χ3n) is 1.65. The SMILES string of the molecule is Cc1nc2c(C(=O)O)noc2c(=O)[nH]1. The smallest absolute Gasteiger partial charge is 0.360 e. The quantitative estimate of drug-likeness (QED) is 0.658. The second kappa shape index (κ2) is 2.66. The predicted molar refractivity (Wildman–Crippen MR) is 44.1 cm³/mol. The molecule has 2 heterocycles. The van der Waals surface area contributed by atoms with Gasteiger partial charge in [-0.05, 0) is 6.92 Å². The molecular formula is C7H5N3O4. The summed E-state index contributed by atoms with van der Waals surface area (Å²) in [6, 6.07) is 0. The molecule has 7 heteroatoms. The maximum Gasteiger partial charge on any atom is 0.360 e. The van der Waals surface area contributed by atoms with Gasteiger partial charge in [-0.15, -0.1) is 0 Å². The van der Waals surface area contributed by atoms with Gasteiger partial charge in [-0.3, -0.25) is 4.79 Å². The summed E-state index contributed by atoms with van der Waals surface area (Å²) in [5, 5.41) is 11.9. The minimum atomic E-state index is -1.28. The van der Waals surface area contributed by atoms with Crippen LogP contribution in [0.1, 0.15) is 16.3 Å². The Morgan fingerprint density at radius 2 is 2.29 bits per heavy atom. The van der Waals surface area contributed by atoms with Crippen molar-refractivity contribution >= 4 is 17.1 Å². The predicted octanol–water partition coefficient (Wildman–Crippen LogP) is -0.0823. The van der Waals surface area contributed by atoms with E-state index in [-0.39, 0.29) is 16.8 Å². The molecule has 2 aromatic heterocycles. The molecule has 14 heavy (non-hydrogen) atoms. The fourth-order valence-corrected chi connectivity index (χ4v) is 1.10. The zero-order valence-electron chi connectivity index (χ0n) is 7.07. The van der Waals surface area contributed by atoms with Gasteiger partial charge in [0.05, 0.1) is 0 Å². The lowest BCUT2D eigenvalue weighted by atomic mass is 10.3. The lowest BCUT2D eigenvalue weighted by molar-refractivity contribution is 0.0687. The molecule has 0 unspecified atom stereocenters. The molecule has 0 aliphatic heterocycles. The van der Waals surface area contributed by atoms with Gasteiger partial charge >= 0.3 is 5.97 Å². The number of nitrogens with zero attached hydrogens (tertiary/aromatic N) is 2. The number of carboxylic acids is 1. The van der Waals surface area contributed by atoms with E-state index in [4.69, 9.17) is 5.11 Å². The van der Waals surface area contributed by atoms with Crippen molar-refractivity contribution in [2.75, 3.05) is 0 Å². The van der Waals surface area contributed by atoms with Crippen molar-refractivity contribution in [3.8, 4) is 0 Å². The van der Waals surface area contributed by atoms with Crippen LogP contribution in [-0.2, 0) is 0 Å². The van der Waals surface area contributed by atoms with E-state index in [0.29, 0.717) is 5.82 Å². The molecule has 0 saturated carbocycles. The van der Waals surface area contributed by atoms with Crippen LogP contribution in [-0.4, -0.2) is 26.2 Å². The maximum atomic E-state index is 11.2. The molecule has 2 N–H and O–H groups in total. The van der Waals surface area contributed by atoms with Gasteiger partial charge in [0, 0.05) is 0 Å². The van der Waals surface area contributed by atoms with Crippen molar-refractivity contribution in [2.45, 2.75) is 6.92 Å². The number of H-pyrrole nitrogens is 1. The number of carbonyl (C=O) groups is 1. The molecule has 0 atom stereocenters. The largest absolute Gasteiger partial charge is 0.476 e. The van der Waals surface area contributed by atoms with Crippen LogP contribution in [0, 0.1) is 6.92 Å². The molecule has 72 valence electrons. The van der Waals surface area contributed by atoms with Gasteiger partial charge < -0.3 is 14.6 Å². The molecule has 0 aliphatic rings. The lowest BCUT2D eigenvalue weighted by Crippen LogP contribution is -2.09. The number of aromatic carboxylic acids is 1. The van der Waals surface area contributed by atoms with Crippen LogP contribution in [0.4, 0.5) is 0 Å². The van der Waals surface area contributed by atoms with Crippen molar-refractivity contribution in [3.05, 3.63) is 21.9 Å². The van der Waals surface area contributed by atoms with Gasteiger partial charge in [-0.1, -0.05) is 5.16 Å². The maximum absolute atomic E-state index is 11.2. The van der Waals surface area contributed by atoms with Crippen LogP contribution in [0.3, 0.4) is 0 Å². The van der Waals surface area contributed by atoms with Gasteiger partial charge in [-0.2, -0.15) is 0 Å². The molecule has 0 spiro atoms. The summed E-state index contributed by atoms with van der Waals surface area (Å²) >= 11 is 0. The van der Waals surface area contributed by atoms with Gasteiger partial charge in [0.1, 0.15) is 5.82 Å². The van der Waals surface area contributed by atoms with Crippen molar-refractivity contribution in [1.82, 2.24) is 15.1 Å². The first-order valence-corrected chi connectivity index (χ1v) is 3.69. The lowest BCUT2D eigenvalue weighted by Gasteiger charge is -1.90. The minimum absolute atomic E-state index is 0.0289. The minimum Gasteiger partial charge on any atom is -0.476 e. The normalized spacial score (nSPS) is 10.6. The Labute approximate surface area is 76.4 Å². The molecule has 0 fully saturated rings. The second-order valence-corrected chi connectivity index (χ2v) is 2.67. The molecular weight excluding hydrogens is 190 g/mol. The zero-order valence-corrected chi connectivity index (χ0v) is 7.07. The van der Waals surface area contributed by atoms with Crippen molar-refractivity contribution in [3.63, 3.8) is 0 Å². The summed E-state index contributed by atoms with van der Waals surface area (Å²) in [6.45, 7) is 1.54. The van der Waals surface area contributed by atoms with Gasteiger partial charge in [0.2, 0.25) is 5.69 Å². The molecule has 7 nitrogen and oxygen atoms in total. The summed E-state index contributed by atoms with van der Waals surface area (Å²) in [6.07, 6.45) is 0. The molecule has 0 amide bonds. The fourth-order valence-electron chi connectivity index (χ4n) is 1.10. The highest BCUT2D eigenvalue weighted by Gasteiger charge is 2.18. The number of hydrogen-bond donors (Lipinski definition) is 2. The first-order valence-electron chi connectivity index (χ1n) is 3.69. The highest BCUT2D eigenvalue weighted by molar-refractivity contribution is 5.97.